The molecule has 5 heteroatoms. The van der Waals surface area contributed by atoms with Gasteiger partial charge in [0.2, 0.25) is 0 Å². The lowest BCUT2D eigenvalue weighted by molar-refractivity contribution is 0.0725. The van der Waals surface area contributed by atoms with Gasteiger partial charge < -0.3 is 4.90 Å². The monoisotopic (exact) mass is 319 g/mol. The summed E-state index contributed by atoms with van der Waals surface area (Å²) in [7, 11) is 0. The molecule has 1 saturated heterocycles. The molecule has 17 heavy (non-hydrogen) atoms. The molecule has 0 spiro atoms. The van der Waals surface area contributed by atoms with Crippen molar-refractivity contribution in [2.24, 2.45) is 0 Å². The Labute approximate surface area is 113 Å². The number of hydrogen-bond donors (Lipinski definition) is 0. The molecule has 0 radical (unpaired) electrons. The van der Waals surface area contributed by atoms with Crippen molar-refractivity contribution in [2.75, 3.05) is 13.1 Å². The second-order valence-electron chi connectivity index (χ2n) is 4.09. The number of alkyl halides is 1. The molecule has 0 aliphatic carbocycles. The van der Waals surface area contributed by atoms with E-state index in [2.05, 4.69) is 15.9 Å². The first kappa shape index (κ1) is 12.8. The highest BCUT2D eigenvalue weighted by Crippen LogP contribution is 2.22. The number of piperidine rings is 1. The van der Waals surface area contributed by atoms with Gasteiger partial charge in [-0.15, -0.1) is 11.6 Å². The second-order valence-corrected chi connectivity index (χ2v) is 5.56. The lowest BCUT2D eigenvalue weighted by atomic mass is 10.1. The summed E-state index contributed by atoms with van der Waals surface area (Å²) >= 11 is 9.25. The first-order valence-corrected chi connectivity index (χ1v) is 6.69. The molecule has 0 N–H and O–H groups in total. The number of rotatable bonds is 1. The van der Waals surface area contributed by atoms with Gasteiger partial charge in [-0.3, -0.25) is 4.79 Å². The van der Waals surface area contributed by atoms with Crippen molar-refractivity contribution in [2.45, 2.75) is 18.2 Å². The average molecular weight is 321 g/mol. The average Bonchev–Trinajstić information content (AvgIpc) is 2.32. The van der Waals surface area contributed by atoms with E-state index in [0.717, 1.165) is 12.8 Å². The molecule has 1 amide bonds. The minimum absolute atomic E-state index is 0.139. The van der Waals surface area contributed by atoms with Gasteiger partial charge in [-0.05, 0) is 47.0 Å². The van der Waals surface area contributed by atoms with E-state index in [-0.39, 0.29) is 11.3 Å². The van der Waals surface area contributed by atoms with Crippen molar-refractivity contribution in [3.8, 4) is 0 Å². The topological polar surface area (TPSA) is 20.3 Å². The number of likely N-dealkylation sites (tertiary alicyclic amines) is 1. The largest absolute Gasteiger partial charge is 0.339 e. The van der Waals surface area contributed by atoms with Crippen molar-refractivity contribution in [3.63, 3.8) is 0 Å². The van der Waals surface area contributed by atoms with Crippen LogP contribution in [-0.2, 0) is 0 Å². The summed E-state index contributed by atoms with van der Waals surface area (Å²) in [5.74, 6) is -0.538. The van der Waals surface area contributed by atoms with E-state index in [4.69, 9.17) is 11.6 Å². The van der Waals surface area contributed by atoms with E-state index < -0.39 is 5.82 Å². The fourth-order valence-corrected chi connectivity index (χ4v) is 2.49. The molecule has 2 nitrogen and oxygen atoms in total. The van der Waals surface area contributed by atoms with Gasteiger partial charge in [0.15, 0.2) is 0 Å². The molecule has 2 rings (SSSR count). The molecule has 1 fully saturated rings. The van der Waals surface area contributed by atoms with Gasteiger partial charge in [-0.2, -0.15) is 0 Å². The maximum Gasteiger partial charge on any atom is 0.255 e. The molecule has 0 saturated carbocycles. The van der Waals surface area contributed by atoms with Crippen LogP contribution in [0.4, 0.5) is 4.39 Å². The van der Waals surface area contributed by atoms with Gasteiger partial charge in [0, 0.05) is 22.9 Å². The highest BCUT2D eigenvalue weighted by atomic mass is 79.9. The molecule has 1 aliphatic rings. The molecule has 1 heterocycles. The van der Waals surface area contributed by atoms with Crippen molar-refractivity contribution in [3.05, 3.63) is 34.1 Å². The number of benzene rings is 1. The van der Waals surface area contributed by atoms with Gasteiger partial charge >= 0.3 is 0 Å². The van der Waals surface area contributed by atoms with Gasteiger partial charge in [0.1, 0.15) is 5.82 Å². The zero-order chi connectivity index (χ0) is 12.4. The number of nitrogens with zero attached hydrogens (tertiary/aromatic N) is 1. The summed E-state index contributed by atoms with van der Waals surface area (Å²) in [5.41, 5.74) is 0.373. The van der Waals surface area contributed by atoms with Gasteiger partial charge in [-0.1, -0.05) is 0 Å². The van der Waals surface area contributed by atoms with Crippen LogP contribution in [0.25, 0.3) is 0 Å². The predicted molar refractivity (Wildman–Crippen MR) is 68.9 cm³/mol. The zero-order valence-electron chi connectivity index (χ0n) is 9.13. The number of halogens is 3. The minimum atomic E-state index is -0.399. The van der Waals surface area contributed by atoms with Gasteiger partial charge in [-0.25, -0.2) is 4.39 Å². The zero-order valence-corrected chi connectivity index (χ0v) is 11.5. The van der Waals surface area contributed by atoms with E-state index in [0.29, 0.717) is 23.1 Å². The predicted octanol–water partition coefficient (Wildman–Crippen LogP) is 3.43. The molecule has 92 valence electrons. The Bertz CT molecular complexity index is 433. The van der Waals surface area contributed by atoms with Crippen LogP contribution in [-0.4, -0.2) is 29.3 Å². The minimum Gasteiger partial charge on any atom is -0.339 e. The highest BCUT2D eigenvalue weighted by Gasteiger charge is 2.23. The van der Waals surface area contributed by atoms with Crippen molar-refractivity contribution < 1.29 is 9.18 Å². The second kappa shape index (κ2) is 5.36. The third-order valence-electron chi connectivity index (χ3n) is 2.87. The van der Waals surface area contributed by atoms with Crippen LogP contribution in [0.3, 0.4) is 0 Å². The number of amides is 1. The van der Waals surface area contributed by atoms with E-state index in [9.17, 15) is 9.18 Å². The van der Waals surface area contributed by atoms with Crippen LogP contribution >= 0.6 is 27.5 Å². The Hall–Kier alpha value is -0.610. The van der Waals surface area contributed by atoms with Crippen LogP contribution < -0.4 is 0 Å². The fraction of sp³-hybridized carbons (Fsp3) is 0.417. The normalized spacial score (nSPS) is 17.2. The molecule has 1 aromatic carbocycles. The summed E-state index contributed by atoms with van der Waals surface area (Å²) in [5, 5.41) is 0.148. The standard InChI is InChI=1S/C12H12BrClFNO/c13-11-2-1-9(15)7-10(11)12(17)16-5-3-8(14)4-6-16/h1-2,7-8H,3-6H2. The number of hydrogen-bond acceptors (Lipinski definition) is 1. The Morgan fingerprint density at radius 3 is 2.71 bits per heavy atom. The van der Waals surface area contributed by atoms with Gasteiger partial charge in [0.05, 0.1) is 5.56 Å². The molecular weight excluding hydrogens is 308 g/mol. The summed E-state index contributed by atoms with van der Waals surface area (Å²) < 4.78 is 13.7. The number of carbonyl (C=O) groups excluding carboxylic acids is 1. The summed E-state index contributed by atoms with van der Waals surface area (Å²) in [6.07, 6.45) is 1.58. The lowest BCUT2D eigenvalue weighted by Gasteiger charge is -2.29. The molecule has 0 unspecified atom stereocenters. The first-order valence-electron chi connectivity index (χ1n) is 5.46. The Kier molecular flexibility index (Phi) is 4.05. The maximum atomic E-state index is 13.1. The van der Waals surface area contributed by atoms with Crippen molar-refractivity contribution in [1.29, 1.82) is 0 Å². The molecule has 0 bridgehead atoms. The van der Waals surface area contributed by atoms with Crippen LogP contribution in [0.5, 0.6) is 0 Å². The highest BCUT2D eigenvalue weighted by molar-refractivity contribution is 9.10. The van der Waals surface area contributed by atoms with Crippen molar-refractivity contribution >= 4 is 33.4 Å². The van der Waals surface area contributed by atoms with Gasteiger partial charge in [0.25, 0.3) is 5.91 Å². The summed E-state index contributed by atoms with van der Waals surface area (Å²) in [6, 6.07) is 4.14. The molecule has 0 aromatic heterocycles. The first-order chi connectivity index (χ1) is 8.08. The maximum absolute atomic E-state index is 13.1. The summed E-state index contributed by atoms with van der Waals surface area (Å²) in [4.78, 5) is 13.9. The Morgan fingerprint density at radius 1 is 1.41 bits per heavy atom. The van der Waals surface area contributed by atoms with E-state index >= 15 is 0 Å². The molecular formula is C12H12BrClFNO. The Balaban J connectivity index is 2.16. The van der Waals surface area contributed by atoms with E-state index in [1.54, 1.807) is 11.0 Å². The lowest BCUT2D eigenvalue weighted by Crippen LogP contribution is -2.39. The fourth-order valence-electron chi connectivity index (χ4n) is 1.88. The SMILES string of the molecule is O=C(c1cc(F)ccc1Br)N1CCC(Cl)CC1. The van der Waals surface area contributed by atoms with Crippen molar-refractivity contribution in [1.82, 2.24) is 4.90 Å². The Morgan fingerprint density at radius 2 is 2.06 bits per heavy atom. The summed E-state index contributed by atoms with van der Waals surface area (Å²) in [6.45, 7) is 1.27. The van der Waals surface area contributed by atoms with Crippen LogP contribution in [0, 0.1) is 5.82 Å². The van der Waals surface area contributed by atoms with Crippen LogP contribution in [0.1, 0.15) is 23.2 Å². The smallest absolute Gasteiger partial charge is 0.255 e. The van der Waals surface area contributed by atoms with E-state index in [1.165, 1.54) is 12.1 Å². The van der Waals surface area contributed by atoms with Crippen LogP contribution in [0.15, 0.2) is 22.7 Å². The third-order valence-corrected chi connectivity index (χ3v) is 4.00. The van der Waals surface area contributed by atoms with Crippen LogP contribution in [0.2, 0.25) is 0 Å². The number of carbonyl (C=O) groups is 1. The molecule has 1 aromatic rings. The van der Waals surface area contributed by atoms with E-state index in [1.807, 2.05) is 0 Å². The molecule has 0 atom stereocenters. The molecule has 1 aliphatic heterocycles. The third kappa shape index (κ3) is 2.99. The quantitative estimate of drug-likeness (QED) is 0.726.